The van der Waals surface area contributed by atoms with Crippen LogP contribution in [0.1, 0.15) is 5.56 Å². The van der Waals surface area contributed by atoms with Crippen molar-refractivity contribution in [1.29, 1.82) is 0 Å². The number of hydrogen-bond acceptors (Lipinski definition) is 1. The topological polar surface area (TPSA) is 64.4 Å². The fourth-order valence-corrected chi connectivity index (χ4v) is 1.13. The van der Waals surface area contributed by atoms with Gasteiger partial charge in [-0.2, -0.15) is 0 Å². The lowest BCUT2D eigenvalue weighted by Crippen LogP contribution is -2.22. The van der Waals surface area contributed by atoms with Crippen molar-refractivity contribution in [2.24, 2.45) is 16.5 Å². The maximum atomic E-state index is 5.20. The molecule has 0 spiro atoms. The Morgan fingerprint density at radius 2 is 1.83 bits per heavy atom. The zero-order valence-electron chi connectivity index (χ0n) is 6.50. The third-order valence-corrected chi connectivity index (χ3v) is 2.08. The summed E-state index contributed by atoms with van der Waals surface area (Å²) in [6, 6.07) is 8.07. The molecule has 0 aliphatic heterocycles. The monoisotopic (exact) mass is 279 g/mol. The minimum Gasteiger partial charge on any atom is -0.370 e. The lowest BCUT2D eigenvalue weighted by Gasteiger charge is -1.96. The molecule has 0 unspecified atom stereocenters. The maximum Gasteiger partial charge on any atom is 0.186 e. The number of aliphatic imine (C=N–C) groups is 1. The van der Waals surface area contributed by atoms with E-state index in [4.69, 9.17) is 11.5 Å². The molecule has 0 saturated carbocycles. The molecular formula is C8H10IN3. The van der Waals surface area contributed by atoms with Crippen LogP contribution in [0.2, 0.25) is 0 Å². The molecule has 0 fully saturated rings. The van der Waals surface area contributed by atoms with E-state index in [1.165, 1.54) is 3.57 Å². The van der Waals surface area contributed by atoms with Crippen LogP contribution in [-0.4, -0.2) is 5.96 Å². The van der Waals surface area contributed by atoms with Gasteiger partial charge in [0.2, 0.25) is 0 Å². The van der Waals surface area contributed by atoms with Gasteiger partial charge in [-0.1, -0.05) is 12.1 Å². The van der Waals surface area contributed by atoms with Gasteiger partial charge in [-0.3, -0.25) is 0 Å². The quantitative estimate of drug-likeness (QED) is 0.483. The van der Waals surface area contributed by atoms with E-state index in [-0.39, 0.29) is 5.96 Å². The molecular weight excluding hydrogens is 269 g/mol. The standard InChI is InChI=1S/C8H10IN3/c9-7-3-1-6(2-4-7)5-12-8(10)11/h1-4H,5H2,(H4,10,11,12)/i9+4. The molecule has 0 aromatic heterocycles. The van der Waals surface area contributed by atoms with Crippen molar-refractivity contribution in [2.75, 3.05) is 0 Å². The van der Waals surface area contributed by atoms with E-state index < -0.39 is 0 Å². The van der Waals surface area contributed by atoms with Crippen LogP contribution in [0.15, 0.2) is 29.3 Å². The van der Waals surface area contributed by atoms with Crippen LogP contribution >= 0.6 is 22.6 Å². The molecule has 0 atom stereocenters. The van der Waals surface area contributed by atoms with Gasteiger partial charge in [-0.15, -0.1) is 0 Å². The number of hydrogen-bond donors (Lipinski definition) is 2. The molecule has 4 N–H and O–H groups in total. The zero-order chi connectivity index (χ0) is 8.97. The van der Waals surface area contributed by atoms with Crippen LogP contribution in [0.5, 0.6) is 0 Å². The molecule has 1 aromatic rings. The first-order chi connectivity index (χ1) is 5.68. The molecule has 0 bridgehead atoms. The molecule has 0 saturated heterocycles. The van der Waals surface area contributed by atoms with Crippen molar-refractivity contribution in [3.63, 3.8) is 0 Å². The fourth-order valence-electron chi connectivity index (χ4n) is 0.772. The summed E-state index contributed by atoms with van der Waals surface area (Å²) in [6.07, 6.45) is 0. The largest absolute Gasteiger partial charge is 0.370 e. The Hall–Kier alpha value is -0.780. The molecule has 0 radical (unpaired) electrons. The van der Waals surface area contributed by atoms with Gasteiger partial charge < -0.3 is 11.5 Å². The predicted octanol–water partition coefficient (Wildman–Crippen LogP) is 1.06. The second-order valence-corrected chi connectivity index (χ2v) is 3.61. The molecule has 64 valence electrons. The number of benzene rings is 1. The summed E-state index contributed by atoms with van der Waals surface area (Å²) < 4.78 is 1.21. The summed E-state index contributed by atoms with van der Waals surface area (Å²) in [5.41, 5.74) is 11.5. The van der Waals surface area contributed by atoms with Crippen molar-refractivity contribution in [1.82, 2.24) is 0 Å². The minimum absolute atomic E-state index is 0.133. The third kappa shape index (κ3) is 3.08. The normalized spacial score (nSPS) is 9.42. The Balaban J connectivity index is 2.65. The summed E-state index contributed by atoms with van der Waals surface area (Å²) in [5.74, 6) is 0.133. The second-order valence-electron chi connectivity index (χ2n) is 2.37. The molecule has 1 rings (SSSR count). The first kappa shape index (κ1) is 9.31. The number of guanidine groups is 1. The van der Waals surface area contributed by atoms with Gasteiger partial charge >= 0.3 is 0 Å². The van der Waals surface area contributed by atoms with Gasteiger partial charge in [-0.05, 0) is 40.3 Å². The highest BCUT2D eigenvalue weighted by molar-refractivity contribution is 14.1. The van der Waals surface area contributed by atoms with E-state index in [0.717, 1.165) is 5.56 Å². The Kier molecular flexibility index (Phi) is 3.33. The average molecular weight is 279 g/mol. The van der Waals surface area contributed by atoms with E-state index >= 15 is 0 Å². The maximum absolute atomic E-state index is 5.20. The minimum atomic E-state index is 0.133. The predicted molar refractivity (Wildman–Crippen MR) is 58.7 cm³/mol. The first-order valence-corrected chi connectivity index (χ1v) is 4.56. The highest BCUT2D eigenvalue weighted by Crippen LogP contribution is 2.07. The summed E-state index contributed by atoms with van der Waals surface area (Å²) in [5, 5.41) is 0. The van der Waals surface area contributed by atoms with Crippen molar-refractivity contribution >= 4 is 28.6 Å². The lowest BCUT2D eigenvalue weighted by molar-refractivity contribution is 1.05. The van der Waals surface area contributed by atoms with Crippen molar-refractivity contribution in [3.8, 4) is 0 Å². The second kappa shape index (κ2) is 4.30. The smallest absolute Gasteiger partial charge is 0.186 e. The highest BCUT2D eigenvalue weighted by Gasteiger charge is 1.90. The fraction of sp³-hybridized carbons (Fsp3) is 0.125. The number of rotatable bonds is 2. The molecule has 0 heterocycles. The SMILES string of the molecule is NC(N)=NCc1ccc([131I])cc1. The van der Waals surface area contributed by atoms with Crippen molar-refractivity contribution < 1.29 is 0 Å². The van der Waals surface area contributed by atoms with Gasteiger partial charge in [0.05, 0.1) is 6.54 Å². The summed E-state index contributed by atoms with van der Waals surface area (Å²) in [4.78, 5) is 3.89. The van der Waals surface area contributed by atoms with E-state index in [0.29, 0.717) is 6.54 Å². The van der Waals surface area contributed by atoms with Gasteiger partial charge in [0, 0.05) is 3.57 Å². The summed E-state index contributed by atoms with van der Waals surface area (Å²) in [7, 11) is 0. The number of nitrogens with zero attached hydrogens (tertiary/aromatic N) is 1. The van der Waals surface area contributed by atoms with Crippen LogP contribution in [0.4, 0.5) is 0 Å². The van der Waals surface area contributed by atoms with Crippen molar-refractivity contribution in [2.45, 2.75) is 6.54 Å². The van der Waals surface area contributed by atoms with E-state index in [9.17, 15) is 0 Å². The molecule has 4 heteroatoms. The molecule has 0 aliphatic rings. The van der Waals surface area contributed by atoms with Crippen molar-refractivity contribution in [3.05, 3.63) is 33.4 Å². The van der Waals surface area contributed by atoms with E-state index in [2.05, 4.69) is 27.6 Å². The molecule has 3 nitrogen and oxygen atoms in total. The van der Waals surface area contributed by atoms with E-state index in [1.54, 1.807) is 0 Å². The van der Waals surface area contributed by atoms with Crippen LogP contribution < -0.4 is 11.5 Å². The molecule has 0 aliphatic carbocycles. The molecule has 1 aromatic carbocycles. The van der Waals surface area contributed by atoms with Gasteiger partial charge in [-0.25, -0.2) is 4.99 Å². The van der Waals surface area contributed by atoms with Crippen LogP contribution in [-0.2, 0) is 6.54 Å². The van der Waals surface area contributed by atoms with Gasteiger partial charge in [0.15, 0.2) is 5.96 Å². The van der Waals surface area contributed by atoms with Crippen LogP contribution in [0.25, 0.3) is 0 Å². The highest BCUT2D eigenvalue weighted by atomic mass is 131. The Bertz CT molecular complexity index is 275. The first-order valence-electron chi connectivity index (χ1n) is 3.48. The van der Waals surface area contributed by atoms with Crippen LogP contribution in [0, 0.1) is 3.57 Å². The van der Waals surface area contributed by atoms with Gasteiger partial charge in [0.1, 0.15) is 0 Å². The Labute approximate surface area is 85.0 Å². The number of halogens is 1. The Morgan fingerprint density at radius 1 is 1.25 bits per heavy atom. The van der Waals surface area contributed by atoms with Crippen LogP contribution in [0.3, 0.4) is 0 Å². The molecule has 0 amide bonds. The Morgan fingerprint density at radius 3 is 2.33 bits per heavy atom. The summed E-state index contributed by atoms with van der Waals surface area (Å²) in [6.45, 7) is 0.555. The zero-order valence-corrected chi connectivity index (χ0v) is 8.65. The lowest BCUT2D eigenvalue weighted by atomic mass is 10.2. The average Bonchev–Trinajstić information content (AvgIpc) is 2.03. The summed E-state index contributed by atoms with van der Waals surface area (Å²) >= 11 is 2.25. The molecule has 12 heavy (non-hydrogen) atoms. The number of nitrogens with two attached hydrogens (primary N) is 2. The third-order valence-electron chi connectivity index (χ3n) is 1.36. The van der Waals surface area contributed by atoms with E-state index in [1.807, 2.05) is 24.3 Å². The van der Waals surface area contributed by atoms with Gasteiger partial charge in [0.25, 0.3) is 0 Å².